The van der Waals surface area contributed by atoms with Gasteiger partial charge in [0, 0.05) is 61.1 Å². The van der Waals surface area contributed by atoms with Crippen molar-refractivity contribution in [1.29, 1.82) is 0 Å². The Hall–Kier alpha value is -3.63. The summed E-state index contributed by atoms with van der Waals surface area (Å²) in [6, 6.07) is 9.68. The summed E-state index contributed by atoms with van der Waals surface area (Å²) in [6.45, 7) is 2.63. The summed E-state index contributed by atoms with van der Waals surface area (Å²) in [6.07, 6.45) is 10.8. The number of aromatic nitrogens is 2. The zero-order valence-corrected chi connectivity index (χ0v) is 25.7. The lowest BCUT2D eigenvalue weighted by Gasteiger charge is -2.33. The first-order valence-corrected chi connectivity index (χ1v) is 16.4. The van der Waals surface area contributed by atoms with Crippen molar-refractivity contribution in [2.45, 2.75) is 57.5 Å². The van der Waals surface area contributed by atoms with Crippen LogP contribution in [0.1, 0.15) is 55.4 Å². The third kappa shape index (κ3) is 7.30. The first-order chi connectivity index (χ1) is 21.0. The highest BCUT2D eigenvalue weighted by atomic mass is 35.5. The molecule has 0 radical (unpaired) electrons. The fraction of sp³-hybridized carbons (Fsp3) is 0.438. The summed E-state index contributed by atoms with van der Waals surface area (Å²) in [5.41, 5.74) is 2.14. The van der Waals surface area contributed by atoms with Crippen LogP contribution < -0.4 is 20.7 Å². The second kappa shape index (κ2) is 13.8. The molecule has 2 aromatic heterocycles. The summed E-state index contributed by atoms with van der Waals surface area (Å²) < 4.78 is 6.26. The van der Waals surface area contributed by atoms with Gasteiger partial charge in [-0.2, -0.15) is 0 Å². The number of carbonyl (C=O) groups excluding carboxylic acids is 2. The largest absolute Gasteiger partial charge is 0.489 e. The maximum absolute atomic E-state index is 13.0. The topological polar surface area (TPSA) is 108 Å². The van der Waals surface area contributed by atoms with Gasteiger partial charge in [0.15, 0.2) is 0 Å². The van der Waals surface area contributed by atoms with E-state index in [1.807, 2.05) is 40.6 Å². The lowest BCUT2D eigenvalue weighted by atomic mass is 10.0. The minimum Gasteiger partial charge on any atom is -0.489 e. The number of carbonyl (C=O) groups is 2. The zero-order valence-electron chi connectivity index (χ0n) is 24.1. The molecule has 0 spiro atoms. The van der Waals surface area contributed by atoms with Gasteiger partial charge >= 0.3 is 0 Å². The Morgan fingerprint density at radius 3 is 2.72 bits per heavy atom. The third-order valence-electron chi connectivity index (χ3n) is 8.36. The molecule has 2 amide bonds. The molecule has 4 heterocycles. The van der Waals surface area contributed by atoms with Gasteiger partial charge in [0.2, 0.25) is 11.8 Å². The van der Waals surface area contributed by atoms with Gasteiger partial charge in [-0.05, 0) is 61.4 Å². The monoisotopic (exact) mass is 620 g/mol. The minimum absolute atomic E-state index is 0.0210. The Labute approximate surface area is 261 Å². The van der Waals surface area contributed by atoms with E-state index in [-0.39, 0.29) is 17.9 Å². The van der Waals surface area contributed by atoms with Crippen molar-refractivity contribution >= 4 is 58.2 Å². The van der Waals surface area contributed by atoms with Crippen LogP contribution in [0, 0.1) is 5.92 Å². The van der Waals surface area contributed by atoms with E-state index in [4.69, 9.17) is 16.3 Å². The van der Waals surface area contributed by atoms with Crippen LogP contribution in [0.5, 0.6) is 5.75 Å². The van der Waals surface area contributed by atoms with E-state index >= 15 is 0 Å². The smallest absolute Gasteiger partial charge is 0.247 e. The fourth-order valence-electron chi connectivity index (χ4n) is 6.00. The predicted octanol–water partition coefficient (Wildman–Crippen LogP) is 6.05. The number of hydrogen-bond donors (Lipinski definition) is 3. The van der Waals surface area contributed by atoms with Gasteiger partial charge < -0.3 is 25.6 Å². The van der Waals surface area contributed by atoms with Crippen molar-refractivity contribution in [3.05, 3.63) is 63.1 Å². The molecule has 1 saturated heterocycles. The van der Waals surface area contributed by atoms with Crippen LogP contribution in [0.2, 0.25) is 5.02 Å². The number of amides is 2. The average molecular weight is 621 g/mol. The highest BCUT2D eigenvalue weighted by Gasteiger charge is 2.30. The number of benzene rings is 1. The number of rotatable bonds is 9. The second-order valence-electron chi connectivity index (χ2n) is 11.3. The van der Waals surface area contributed by atoms with E-state index in [2.05, 4.69) is 32.0 Å². The lowest BCUT2D eigenvalue weighted by Crippen LogP contribution is -2.44. The maximum atomic E-state index is 13.0. The lowest BCUT2D eigenvalue weighted by molar-refractivity contribution is -0.137. The molecule has 1 aliphatic carbocycles. The van der Waals surface area contributed by atoms with E-state index in [0.29, 0.717) is 53.4 Å². The number of fused-ring (bicyclic) bond motifs is 1. The molecule has 3 N–H and O–H groups in total. The predicted molar refractivity (Wildman–Crippen MR) is 171 cm³/mol. The van der Waals surface area contributed by atoms with E-state index in [1.54, 1.807) is 11.3 Å². The molecule has 2 fully saturated rings. The molecule has 9 nitrogen and oxygen atoms in total. The van der Waals surface area contributed by atoms with Crippen molar-refractivity contribution in [2.24, 2.45) is 5.92 Å². The average Bonchev–Trinajstić information content (AvgIpc) is 3.70. The summed E-state index contributed by atoms with van der Waals surface area (Å²) in [4.78, 5) is 37.9. The number of halogens is 1. The Morgan fingerprint density at radius 1 is 1.12 bits per heavy atom. The van der Waals surface area contributed by atoms with E-state index < -0.39 is 0 Å². The molecule has 3 aliphatic rings. The number of hydrogen-bond acceptors (Lipinski definition) is 8. The van der Waals surface area contributed by atoms with Crippen LogP contribution in [-0.4, -0.2) is 59.0 Å². The molecule has 1 aromatic carbocycles. The molecule has 6 rings (SSSR count). The van der Waals surface area contributed by atoms with Gasteiger partial charge in [0.1, 0.15) is 29.8 Å². The van der Waals surface area contributed by atoms with Crippen molar-refractivity contribution in [3.8, 4) is 5.75 Å². The Morgan fingerprint density at radius 2 is 1.95 bits per heavy atom. The van der Waals surface area contributed by atoms with Gasteiger partial charge in [-0.15, -0.1) is 11.3 Å². The second-order valence-corrected chi connectivity index (χ2v) is 12.7. The van der Waals surface area contributed by atoms with Crippen molar-refractivity contribution in [1.82, 2.24) is 20.2 Å². The molecule has 3 aromatic rings. The standard InChI is InChI=1S/C32H37ClN6O3S/c33-27-19-23(7-8-28(27)42-24-11-15-39(16-12-24)32(41)21-4-1-2-5-21)38-30-26-18-22(9-13-34-29(26)36-20-37-30)31(40)35-14-10-25-6-3-17-43-25/h3,6-8,17-21,24H,1-2,4-5,9-16H2,(H,35,40)(H2,34,36,37,38). The van der Waals surface area contributed by atoms with Crippen LogP contribution in [0.4, 0.5) is 17.3 Å². The van der Waals surface area contributed by atoms with Crippen molar-refractivity contribution in [3.63, 3.8) is 0 Å². The first kappa shape index (κ1) is 29.4. The number of nitrogens with zero attached hydrogens (tertiary/aromatic N) is 3. The normalized spacial score (nSPS) is 17.4. The summed E-state index contributed by atoms with van der Waals surface area (Å²) >= 11 is 8.35. The Bertz CT molecular complexity index is 1470. The molecule has 0 atom stereocenters. The Kier molecular flexibility index (Phi) is 9.43. The molecule has 2 aliphatic heterocycles. The third-order valence-corrected chi connectivity index (χ3v) is 9.60. The van der Waals surface area contributed by atoms with Gasteiger partial charge in [0.25, 0.3) is 0 Å². The fourth-order valence-corrected chi connectivity index (χ4v) is 6.93. The zero-order chi connectivity index (χ0) is 29.6. The number of piperidine rings is 1. The van der Waals surface area contributed by atoms with Gasteiger partial charge in [-0.1, -0.05) is 30.5 Å². The highest BCUT2D eigenvalue weighted by Crippen LogP contribution is 2.34. The first-order valence-electron chi connectivity index (χ1n) is 15.2. The Balaban J connectivity index is 1.08. The number of likely N-dealkylation sites (tertiary alicyclic amines) is 1. The number of thiophene rings is 1. The SMILES string of the molecule is O=C(NCCc1cccs1)C1=Cc2c(ncnc2Nc2ccc(OC3CCN(C(=O)C4CCCC4)CC3)c(Cl)c2)NCC1. The van der Waals surface area contributed by atoms with Crippen molar-refractivity contribution in [2.75, 3.05) is 36.8 Å². The number of anilines is 3. The van der Waals surface area contributed by atoms with Crippen LogP contribution in [0.3, 0.4) is 0 Å². The van der Waals surface area contributed by atoms with Crippen LogP contribution in [0.25, 0.3) is 6.08 Å². The molecule has 0 bridgehead atoms. The summed E-state index contributed by atoms with van der Waals surface area (Å²) in [5, 5.41) is 12.2. The molecule has 226 valence electrons. The van der Waals surface area contributed by atoms with Crippen LogP contribution in [-0.2, 0) is 16.0 Å². The quantitative estimate of drug-likeness (QED) is 0.267. The van der Waals surface area contributed by atoms with Crippen molar-refractivity contribution < 1.29 is 14.3 Å². The van der Waals surface area contributed by atoms with Gasteiger partial charge in [0.05, 0.1) is 10.6 Å². The molecule has 1 saturated carbocycles. The summed E-state index contributed by atoms with van der Waals surface area (Å²) in [5.74, 6) is 2.32. The molecule has 43 heavy (non-hydrogen) atoms. The molecule has 11 heteroatoms. The summed E-state index contributed by atoms with van der Waals surface area (Å²) in [7, 11) is 0. The van der Waals surface area contributed by atoms with Gasteiger partial charge in [-0.3, -0.25) is 9.59 Å². The molecule has 0 unspecified atom stereocenters. The van der Waals surface area contributed by atoms with Gasteiger partial charge in [-0.25, -0.2) is 9.97 Å². The van der Waals surface area contributed by atoms with E-state index in [0.717, 1.165) is 56.4 Å². The minimum atomic E-state index is -0.0840. The maximum Gasteiger partial charge on any atom is 0.247 e. The van der Waals surface area contributed by atoms with E-state index in [9.17, 15) is 9.59 Å². The highest BCUT2D eigenvalue weighted by molar-refractivity contribution is 7.09. The number of nitrogens with one attached hydrogen (secondary N) is 3. The van der Waals surface area contributed by atoms with Crippen LogP contribution in [0.15, 0.2) is 47.6 Å². The number of ether oxygens (including phenoxy) is 1. The van der Waals surface area contributed by atoms with Crippen LogP contribution >= 0.6 is 22.9 Å². The molecular weight excluding hydrogens is 584 g/mol. The van der Waals surface area contributed by atoms with E-state index in [1.165, 1.54) is 24.0 Å². The molecular formula is C32H37ClN6O3S.